The Hall–Kier alpha value is -3.47. The summed E-state index contributed by atoms with van der Waals surface area (Å²) >= 11 is 0. The number of benzene rings is 2. The van der Waals surface area contributed by atoms with E-state index in [0.717, 1.165) is 11.1 Å². The third-order valence-electron chi connectivity index (χ3n) is 4.12. The maximum absolute atomic E-state index is 12.2. The number of hydrogen-bond donors (Lipinski definition) is 1. The molecule has 0 unspecified atom stereocenters. The van der Waals surface area contributed by atoms with Crippen LogP contribution in [-0.4, -0.2) is 20.4 Å². The number of anilines is 1. The molecule has 0 spiro atoms. The molecule has 5 nitrogen and oxygen atoms in total. The van der Waals surface area contributed by atoms with Gasteiger partial charge in [-0.3, -0.25) is 4.79 Å². The molecular weight excluding hydrogens is 312 g/mol. The summed E-state index contributed by atoms with van der Waals surface area (Å²) < 4.78 is 1.59. The fraction of sp³-hybridized carbons (Fsp3) is 0.0500. The molecule has 0 amide bonds. The molecule has 2 N–H and O–H groups in total. The van der Waals surface area contributed by atoms with Gasteiger partial charge >= 0.3 is 0 Å². The van der Waals surface area contributed by atoms with Gasteiger partial charge in [0.05, 0.1) is 5.52 Å². The van der Waals surface area contributed by atoms with Crippen molar-refractivity contribution in [3.8, 4) is 22.5 Å². The lowest BCUT2D eigenvalue weighted by atomic mass is 10.0. The molecule has 4 rings (SSSR count). The van der Waals surface area contributed by atoms with Gasteiger partial charge in [-0.05, 0) is 13.0 Å². The zero-order valence-electron chi connectivity index (χ0n) is 13.7. The third-order valence-corrected chi connectivity index (χ3v) is 4.12. The van der Waals surface area contributed by atoms with Crippen molar-refractivity contribution < 1.29 is 4.79 Å². The summed E-state index contributed by atoms with van der Waals surface area (Å²) in [6.07, 6.45) is 0. The van der Waals surface area contributed by atoms with Crippen LogP contribution in [0.3, 0.4) is 0 Å². The lowest BCUT2D eigenvalue weighted by Gasteiger charge is -2.08. The molecule has 5 heteroatoms. The molecule has 2 heterocycles. The topological polar surface area (TPSA) is 73.3 Å². The fourth-order valence-electron chi connectivity index (χ4n) is 2.92. The van der Waals surface area contributed by atoms with Gasteiger partial charge in [-0.15, -0.1) is 0 Å². The molecule has 122 valence electrons. The SMILES string of the molecule is CC(=O)c1cc2c(-c3ccccc3)nc(N)n2nc1-c1ccccc1. The summed E-state index contributed by atoms with van der Waals surface area (Å²) in [5.74, 6) is 0.244. The van der Waals surface area contributed by atoms with Crippen molar-refractivity contribution >= 4 is 17.2 Å². The fourth-order valence-corrected chi connectivity index (χ4v) is 2.92. The molecular formula is C20H16N4O. The highest BCUT2D eigenvalue weighted by Crippen LogP contribution is 2.30. The molecule has 25 heavy (non-hydrogen) atoms. The number of imidazole rings is 1. The van der Waals surface area contributed by atoms with Crippen LogP contribution in [-0.2, 0) is 0 Å². The first-order valence-corrected chi connectivity index (χ1v) is 7.96. The first-order valence-electron chi connectivity index (χ1n) is 7.96. The van der Waals surface area contributed by atoms with E-state index in [0.29, 0.717) is 28.4 Å². The van der Waals surface area contributed by atoms with E-state index in [4.69, 9.17) is 5.73 Å². The summed E-state index contributed by atoms with van der Waals surface area (Å²) in [5.41, 5.74) is 10.5. The predicted octanol–water partition coefficient (Wildman–Crippen LogP) is 3.85. The van der Waals surface area contributed by atoms with Crippen LogP contribution in [0.2, 0.25) is 0 Å². The van der Waals surface area contributed by atoms with Crippen molar-refractivity contribution in [1.29, 1.82) is 0 Å². The van der Waals surface area contributed by atoms with Gasteiger partial charge in [0.2, 0.25) is 5.95 Å². The Kier molecular flexibility index (Phi) is 3.54. The highest BCUT2D eigenvalue weighted by molar-refractivity contribution is 6.01. The number of carbonyl (C=O) groups is 1. The van der Waals surface area contributed by atoms with Crippen molar-refractivity contribution in [2.75, 3.05) is 5.73 Å². The van der Waals surface area contributed by atoms with Gasteiger partial charge in [0, 0.05) is 16.7 Å². The van der Waals surface area contributed by atoms with Crippen LogP contribution in [0.25, 0.3) is 28.0 Å². The van der Waals surface area contributed by atoms with Crippen LogP contribution in [0.5, 0.6) is 0 Å². The average molecular weight is 328 g/mol. The number of fused-ring (bicyclic) bond motifs is 1. The van der Waals surface area contributed by atoms with Gasteiger partial charge in [-0.2, -0.15) is 9.61 Å². The van der Waals surface area contributed by atoms with Crippen LogP contribution >= 0.6 is 0 Å². The predicted molar refractivity (Wildman–Crippen MR) is 98.3 cm³/mol. The van der Waals surface area contributed by atoms with Gasteiger partial charge in [0.25, 0.3) is 0 Å². The van der Waals surface area contributed by atoms with E-state index in [2.05, 4.69) is 10.1 Å². The first kappa shape index (κ1) is 15.1. The van der Waals surface area contributed by atoms with Crippen LogP contribution in [0.1, 0.15) is 17.3 Å². The van der Waals surface area contributed by atoms with E-state index < -0.39 is 0 Å². The lowest BCUT2D eigenvalue weighted by Crippen LogP contribution is -2.05. The minimum Gasteiger partial charge on any atom is -0.368 e. The second-order valence-corrected chi connectivity index (χ2v) is 5.81. The molecule has 0 aliphatic carbocycles. The van der Waals surface area contributed by atoms with Crippen molar-refractivity contribution in [1.82, 2.24) is 14.6 Å². The molecule has 0 aliphatic rings. The number of nitrogens with two attached hydrogens (primary N) is 1. The Labute approximate surface area is 144 Å². The molecule has 0 saturated heterocycles. The molecule has 0 aliphatic heterocycles. The quantitative estimate of drug-likeness (QED) is 0.580. The highest BCUT2D eigenvalue weighted by atomic mass is 16.1. The number of carbonyl (C=O) groups excluding carboxylic acids is 1. The van der Waals surface area contributed by atoms with Crippen LogP contribution in [0.15, 0.2) is 66.7 Å². The van der Waals surface area contributed by atoms with E-state index in [1.54, 1.807) is 11.4 Å². The molecule has 0 fully saturated rings. The van der Waals surface area contributed by atoms with Gasteiger partial charge in [0.1, 0.15) is 11.4 Å². The smallest absolute Gasteiger partial charge is 0.222 e. The molecule has 2 aromatic heterocycles. The minimum atomic E-state index is -0.0485. The standard InChI is InChI=1S/C20H16N4O/c1-13(25)16-12-17-19(15-10-6-3-7-11-15)22-20(21)24(17)23-18(16)14-8-4-2-5-9-14/h2-12H,1H3,(H2,21,22). The number of nitrogens with zero attached hydrogens (tertiary/aromatic N) is 3. The second-order valence-electron chi connectivity index (χ2n) is 5.81. The third kappa shape index (κ3) is 2.55. The summed E-state index contributed by atoms with van der Waals surface area (Å²) in [7, 11) is 0. The Bertz CT molecular complexity index is 1070. The molecule has 0 radical (unpaired) electrons. The number of rotatable bonds is 3. The molecule has 0 bridgehead atoms. The molecule has 4 aromatic rings. The first-order chi connectivity index (χ1) is 12.1. The minimum absolute atomic E-state index is 0.0485. The second kappa shape index (κ2) is 5.87. The number of nitrogen functional groups attached to an aromatic ring is 1. The molecule has 0 atom stereocenters. The molecule has 2 aromatic carbocycles. The average Bonchev–Trinajstić information content (AvgIpc) is 2.98. The van der Waals surface area contributed by atoms with Gasteiger partial charge in [0.15, 0.2) is 5.78 Å². The maximum atomic E-state index is 12.2. The summed E-state index contributed by atoms with van der Waals surface area (Å²) in [6, 6.07) is 21.2. The zero-order chi connectivity index (χ0) is 17.4. The summed E-state index contributed by atoms with van der Waals surface area (Å²) in [5, 5.41) is 4.62. The van der Waals surface area contributed by atoms with Crippen LogP contribution in [0.4, 0.5) is 5.95 Å². The Morgan fingerprint density at radius 3 is 2.04 bits per heavy atom. The van der Waals surface area contributed by atoms with Crippen molar-refractivity contribution in [2.24, 2.45) is 0 Å². The van der Waals surface area contributed by atoms with Crippen LogP contribution in [0, 0.1) is 0 Å². The molecule has 0 saturated carbocycles. The van der Waals surface area contributed by atoms with E-state index in [9.17, 15) is 4.79 Å². The van der Waals surface area contributed by atoms with Gasteiger partial charge < -0.3 is 5.73 Å². The van der Waals surface area contributed by atoms with E-state index in [1.807, 2.05) is 66.7 Å². The van der Waals surface area contributed by atoms with E-state index in [-0.39, 0.29) is 5.78 Å². The van der Waals surface area contributed by atoms with Crippen molar-refractivity contribution in [3.63, 3.8) is 0 Å². The van der Waals surface area contributed by atoms with Gasteiger partial charge in [-0.25, -0.2) is 4.98 Å². The number of hydrogen-bond acceptors (Lipinski definition) is 4. The zero-order valence-corrected chi connectivity index (χ0v) is 13.7. The largest absolute Gasteiger partial charge is 0.368 e. The Morgan fingerprint density at radius 1 is 0.920 bits per heavy atom. The lowest BCUT2D eigenvalue weighted by molar-refractivity contribution is 0.101. The normalized spacial score (nSPS) is 10.9. The number of Topliss-reactive ketones (excluding diaryl/α,β-unsaturated/α-hetero) is 1. The van der Waals surface area contributed by atoms with E-state index >= 15 is 0 Å². The van der Waals surface area contributed by atoms with E-state index in [1.165, 1.54) is 0 Å². The number of aromatic nitrogens is 3. The number of ketones is 1. The highest BCUT2D eigenvalue weighted by Gasteiger charge is 2.18. The van der Waals surface area contributed by atoms with Crippen LogP contribution < -0.4 is 5.73 Å². The Morgan fingerprint density at radius 2 is 1.48 bits per heavy atom. The van der Waals surface area contributed by atoms with Crippen molar-refractivity contribution in [2.45, 2.75) is 6.92 Å². The van der Waals surface area contributed by atoms with Crippen molar-refractivity contribution in [3.05, 3.63) is 72.3 Å². The monoisotopic (exact) mass is 328 g/mol. The summed E-state index contributed by atoms with van der Waals surface area (Å²) in [6.45, 7) is 1.54. The summed E-state index contributed by atoms with van der Waals surface area (Å²) in [4.78, 5) is 16.7. The van der Waals surface area contributed by atoms with Gasteiger partial charge in [-0.1, -0.05) is 60.7 Å². The maximum Gasteiger partial charge on any atom is 0.222 e. The Balaban J connectivity index is 2.03.